The van der Waals surface area contributed by atoms with E-state index in [4.69, 9.17) is 11.5 Å². The van der Waals surface area contributed by atoms with Crippen molar-refractivity contribution in [3.63, 3.8) is 0 Å². The maximum Gasteiger partial charge on any atom is 1.00 e. The van der Waals surface area contributed by atoms with E-state index in [0.717, 1.165) is 0 Å². The van der Waals surface area contributed by atoms with Gasteiger partial charge in [0.1, 0.15) is 0 Å². The summed E-state index contributed by atoms with van der Waals surface area (Å²) in [6, 6.07) is 4.05. The zero-order valence-corrected chi connectivity index (χ0v) is 11.6. The Morgan fingerprint density at radius 2 is 1.83 bits per heavy atom. The summed E-state index contributed by atoms with van der Waals surface area (Å²) in [5.41, 5.74) is 11.4. The molecule has 1 aromatic rings. The van der Waals surface area contributed by atoms with Crippen LogP contribution in [-0.4, -0.2) is 5.97 Å². The molecule has 5 heteroatoms. The van der Waals surface area contributed by atoms with Gasteiger partial charge in [-0.2, -0.15) is 0 Å². The predicted molar refractivity (Wildman–Crippen MR) is 39.6 cm³/mol. The summed E-state index contributed by atoms with van der Waals surface area (Å²) in [6.45, 7) is 0. The van der Waals surface area contributed by atoms with Gasteiger partial charge in [-0.15, -0.1) is 0 Å². The summed E-state index contributed by atoms with van der Waals surface area (Å²) in [5, 5.41) is 10.3. The fraction of sp³-hybridized carbons (Fsp3) is 0. The van der Waals surface area contributed by atoms with Crippen molar-refractivity contribution in [2.24, 2.45) is 0 Å². The molecule has 0 amide bonds. The second kappa shape index (κ2) is 4.96. The first-order chi connectivity index (χ1) is 5.11. The SMILES string of the molecule is Nc1ccc(C(=O)[O-])cc1N.[Rb+]. The molecule has 58 valence electrons. The van der Waals surface area contributed by atoms with Gasteiger partial charge in [-0.3, -0.25) is 0 Å². The number of carbonyl (C=O) groups is 1. The Balaban J connectivity index is 0.00000121. The van der Waals surface area contributed by atoms with E-state index in [1.165, 1.54) is 18.2 Å². The zero-order chi connectivity index (χ0) is 8.43. The summed E-state index contributed by atoms with van der Waals surface area (Å²) in [6.07, 6.45) is 0. The molecule has 0 radical (unpaired) electrons. The molecule has 0 atom stereocenters. The van der Waals surface area contributed by atoms with E-state index in [0.29, 0.717) is 5.69 Å². The van der Waals surface area contributed by atoms with Crippen LogP contribution in [0.25, 0.3) is 0 Å². The molecular weight excluding hydrogens is 230 g/mol. The number of nitrogen functional groups attached to an aromatic ring is 2. The van der Waals surface area contributed by atoms with Crippen molar-refractivity contribution in [1.82, 2.24) is 0 Å². The van der Waals surface area contributed by atoms with Gasteiger partial charge in [-0.25, -0.2) is 0 Å². The number of anilines is 2. The average molecular weight is 237 g/mol. The van der Waals surface area contributed by atoms with Crippen LogP contribution in [0.1, 0.15) is 10.4 Å². The number of carboxylic acids is 1. The molecule has 12 heavy (non-hydrogen) atoms. The van der Waals surface area contributed by atoms with Crippen molar-refractivity contribution in [1.29, 1.82) is 0 Å². The number of benzene rings is 1. The van der Waals surface area contributed by atoms with Crippen LogP contribution in [0.4, 0.5) is 11.4 Å². The second-order valence-corrected chi connectivity index (χ2v) is 2.13. The molecule has 0 spiro atoms. The molecule has 0 bridgehead atoms. The van der Waals surface area contributed by atoms with E-state index in [9.17, 15) is 9.90 Å². The summed E-state index contributed by atoms with van der Waals surface area (Å²) < 4.78 is 0. The normalized spacial score (nSPS) is 8.67. The van der Waals surface area contributed by atoms with Gasteiger partial charge >= 0.3 is 58.2 Å². The predicted octanol–water partition coefficient (Wildman–Crippen LogP) is -3.78. The maximum absolute atomic E-state index is 10.3. The number of carboxylic acid groups (broad SMARTS) is 1. The molecule has 0 aromatic heterocycles. The van der Waals surface area contributed by atoms with Crippen molar-refractivity contribution in [3.05, 3.63) is 23.8 Å². The van der Waals surface area contributed by atoms with Crippen molar-refractivity contribution in [2.75, 3.05) is 11.5 Å². The first kappa shape index (κ1) is 12.1. The van der Waals surface area contributed by atoms with Crippen LogP contribution < -0.4 is 74.8 Å². The van der Waals surface area contributed by atoms with Crippen LogP contribution in [0.5, 0.6) is 0 Å². The monoisotopic (exact) mass is 236 g/mol. The Morgan fingerprint density at radius 1 is 1.25 bits per heavy atom. The summed E-state index contributed by atoms with van der Waals surface area (Å²) >= 11 is 0. The molecule has 0 aliphatic carbocycles. The third kappa shape index (κ3) is 2.86. The smallest absolute Gasteiger partial charge is 0.545 e. The molecule has 0 aliphatic heterocycles. The number of hydrogen-bond donors (Lipinski definition) is 2. The molecule has 1 aromatic carbocycles. The fourth-order valence-corrected chi connectivity index (χ4v) is 0.702. The summed E-state index contributed by atoms with van der Waals surface area (Å²) in [7, 11) is 0. The maximum atomic E-state index is 10.3. The molecule has 0 fully saturated rings. The van der Waals surface area contributed by atoms with E-state index < -0.39 is 5.97 Å². The van der Waals surface area contributed by atoms with Gasteiger partial charge in [0, 0.05) is 0 Å². The Kier molecular flexibility index (Phi) is 5.00. The van der Waals surface area contributed by atoms with Gasteiger partial charge in [-0.1, -0.05) is 6.07 Å². The van der Waals surface area contributed by atoms with E-state index in [2.05, 4.69) is 0 Å². The Hall–Kier alpha value is 0.0952. The standard InChI is InChI=1S/C7H8N2O2.Rb/c8-5-2-1-4(7(10)11)3-6(5)9;/h1-3H,8-9H2,(H,10,11);/q;+1/p-1. The van der Waals surface area contributed by atoms with E-state index >= 15 is 0 Å². The molecule has 0 aliphatic rings. The Morgan fingerprint density at radius 3 is 2.25 bits per heavy atom. The molecule has 0 unspecified atom stereocenters. The number of hydrogen-bond acceptors (Lipinski definition) is 4. The number of carbonyl (C=O) groups excluding carboxylic acids is 1. The van der Waals surface area contributed by atoms with Gasteiger partial charge < -0.3 is 21.4 Å². The molecule has 0 saturated carbocycles. The van der Waals surface area contributed by atoms with Crippen LogP contribution in [0, 0.1) is 0 Å². The summed E-state index contributed by atoms with van der Waals surface area (Å²) in [5.74, 6) is -1.25. The summed E-state index contributed by atoms with van der Waals surface area (Å²) in [4.78, 5) is 10.3. The molecule has 0 heterocycles. The number of rotatable bonds is 1. The van der Waals surface area contributed by atoms with Crippen LogP contribution in [-0.2, 0) is 0 Å². The minimum Gasteiger partial charge on any atom is -0.545 e. The van der Waals surface area contributed by atoms with Crippen molar-refractivity contribution in [3.8, 4) is 0 Å². The third-order valence-corrected chi connectivity index (χ3v) is 1.32. The average Bonchev–Trinajstić information content (AvgIpc) is 1.94. The Bertz CT molecular complexity index is 301. The Labute approximate surface area is 119 Å². The van der Waals surface area contributed by atoms with Crippen LogP contribution in [0.3, 0.4) is 0 Å². The second-order valence-electron chi connectivity index (χ2n) is 2.13. The van der Waals surface area contributed by atoms with E-state index in [1.54, 1.807) is 0 Å². The topological polar surface area (TPSA) is 92.2 Å². The number of nitrogens with two attached hydrogens (primary N) is 2. The van der Waals surface area contributed by atoms with Crippen LogP contribution in [0.2, 0.25) is 0 Å². The largest absolute Gasteiger partial charge is 1.00 e. The number of aromatic carboxylic acids is 1. The van der Waals surface area contributed by atoms with Crippen molar-refractivity contribution in [2.45, 2.75) is 0 Å². The van der Waals surface area contributed by atoms with Crippen LogP contribution >= 0.6 is 0 Å². The van der Waals surface area contributed by atoms with E-state index in [1.807, 2.05) is 0 Å². The minimum absolute atomic E-state index is 0. The first-order valence-corrected chi connectivity index (χ1v) is 2.97. The van der Waals surface area contributed by atoms with Crippen LogP contribution in [0.15, 0.2) is 18.2 Å². The van der Waals surface area contributed by atoms with E-state index in [-0.39, 0.29) is 69.4 Å². The fourth-order valence-electron chi connectivity index (χ4n) is 0.702. The molecule has 4 N–H and O–H groups in total. The van der Waals surface area contributed by atoms with Crippen molar-refractivity contribution >= 4 is 17.3 Å². The molecule has 1 rings (SSSR count). The first-order valence-electron chi connectivity index (χ1n) is 2.97. The van der Waals surface area contributed by atoms with Gasteiger partial charge in [0.2, 0.25) is 0 Å². The minimum atomic E-state index is -1.25. The quantitative estimate of drug-likeness (QED) is 0.490. The van der Waals surface area contributed by atoms with Gasteiger partial charge in [0.05, 0.1) is 17.3 Å². The molecular formula is C7H7N2O2Rb. The molecule has 4 nitrogen and oxygen atoms in total. The zero-order valence-electron chi connectivity index (χ0n) is 6.70. The van der Waals surface area contributed by atoms with Gasteiger partial charge in [0.25, 0.3) is 0 Å². The van der Waals surface area contributed by atoms with Gasteiger partial charge in [-0.05, 0) is 17.7 Å². The molecule has 0 saturated heterocycles. The van der Waals surface area contributed by atoms with Crippen molar-refractivity contribution < 1.29 is 68.1 Å². The van der Waals surface area contributed by atoms with Gasteiger partial charge in [0.15, 0.2) is 0 Å². The third-order valence-electron chi connectivity index (χ3n) is 1.32.